The highest BCUT2D eigenvalue weighted by atomic mass is 32.1. The molecule has 1 fully saturated rings. The average Bonchev–Trinajstić information content (AvgIpc) is 3.13. The third-order valence-electron chi connectivity index (χ3n) is 4.31. The second-order valence-electron chi connectivity index (χ2n) is 6.16. The van der Waals surface area contributed by atoms with Crippen LogP contribution in [0.4, 0.5) is 0 Å². The molecule has 0 N–H and O–H groups in total. The van der Waals surface area contributed by atoms with Crippen LogP contribution in [0.5, 0.6) is 0 Å². The van der Waals surface area contributed by atoms with Gasteiger partial charge >= 0.3 is 0 Å². The first-order valence-corrected chi connectivity index (χ1v) is 9.14. The van der Waals surface area contributed by atoms with Crippen LogP contribution in [0.3, 0.4) is 0 Å². The Hall–Kier alpha value is -1.66. The summed E-state index contributed by atoms with van der Waals surface area (Å²) in [6, 6.07) is 2.11. The molecule has 124 valence electrons. The molecule has 0 bridgehead atoms. The van der Waals surface area contributed by atoms with E-state index in [0.717, 1.165) is 45.6 Å². The molecule has 1 saturated heterocycles. The number of carbonyl (C=O) groups excluding carboxylic acids is 1. The standard InChI is InChI=1S/C17H24N4OS/c1-19-12-16(11-18-19)13-20-6-2-7-21(9-8-20)17(22)4-3-15-5-10-23-14-15/h5,10-12,14H,2-4,6-9,13H2,1H3. The Morgan fingerprint density at radius 1 is 1.26 bits per heavy atom. The largest absolute Gasteiger partial charge is 0.341 e. The molecule has 3 rings (SSSR count). The van der Waals surface area contributed by atoms with Gasteiger partial charge < -0.3 is 4.90 Å². The molecule has 0 unspecified atom stereocenters. The van der Waals surface area contributed by atoms with Gasteiger partial charge in [0.05, 0.1) is 6.20 Å². The summed E-state index contributed by atoms with van der Waals surface area (Å²) in [4.78, 5) is 16.9. The molecule has 0 aliphatic carbocycles. The minimum atomic E-state index is 0.291. The maximum absolute atomic E-state index is 12.4. The van der Waals surface area contributed by atoms with Crippen LogP contribution >= 0.6 is 11.3 Å². The van der Waals surface area contributed by atoms with E-state index in [9.17, 15) is 4.79 Å². The highest BCUT2D eigenvalue weighted by Crippen LogP contribution is 2.12. The Morgan fingerprint density at radius 2 is 2.17 bits per heavy atom. The lowest BCUT2D eigenvalue weighted by Gasteiger charge is -2.21. The Labute approximate surface area is 141 Å². The van der Waals surface area contributed by atoms with Crippen molar-refractivity contribution in [3.63, 3.8) is 0 Å². The summed E-state index contributed by atoms with van der Waals surface area (Å²) in [5, 5.41) is 8.43. The van der Waals surface area contributed by atoms with E-state index in [4.69, 9.17) is 0 Å². The van der Waals surface area contributed by atoms with Gasteiger partial charge in [0, 0.05) is 58.0 Å². The molecular weight excluding hydrogens is 308 g/mol. The minimum Gasteiger partial charge on any atom is -0.341 e. The average molecular weight is 332 g/mol. The van der Waals surface area contributed by atoms with Gasteiger partial charge in [0.25, 0.3) is 0 Å². The van der Waals surface area contributed by atoms with E-state index in [1.54, 1.807) is 11.3 Å². The van der Waals surface area contributed by atoms with Crippen molar-refractivity contribution in [3.05, 3.63) is 40.3 Å². The molecule has 1 aliphatic rings. The molecule has 2 aromatic rings. The van der Waals surface area contributed by atoms with E-state index < -0.39 is 0 Å². The number of carbonyl (C=O) groups is 1. The zero-order chi connectivity index (χ0) is 16.1. The van der Waals surface area contributed by atoms with Crippen molar-refractivity contribution >= 4 is 17.2 Å². The van der Waals surface area contributed by atoms with Crippen molar-refractivity contribution in [1.29, 1.82) is 0 Å². The first-order chi connectivity index (χ1) is 11.2. The maximum atomic E-state index is 12.4. The number of amides is 1. The fraction of sp³-hybridized carbons (Fsp3) is 0.529. The summed E-state index contributed by atoms with van der Waals surface area (Å²) in [7, 11) is 1.94. The van der Waals surface area contributed by atoms with E-state index >= 15 is 0 Å². The van der Waals surface area contributed by atoms with E-state index in [1.165, 1.54) is 11.1 Å². The van der Waals surface area contributed by atoms with Crippen LogP contribution in [0.1, 0.15) is 24.0 Å². The molecular formula is C17H24N4OS. The van der Waals surface area contributed by atoms with Crippen molar-refractivity contribution in [2.75, 3.05) is 26.2 Å². The van der Waals surface area contributed by atoms with Crippen molar-refractivity contribution in [2.24, 2.45) is 7.05 Å². The number of thiophene rings is 1. The van der Waals surface area contributed by atoms with Crippen molar-refractivity contribution in [2.45, 2.75) is 25.8 Å². The normalized spacial score (nSPS) is 16.5. The minimum absolute atomic E-state index is 0.291. The molecule has 0 saturated carbocycles. The highest BCUT2D eigenvalue weighted by molar-refractivity contribution is 7.07. The number of nitrogens with zero attached hydrogens (tertiary/aromatic N) is 4. The van der Waals surface area contributed by atoms with Crippen molar-refractivity contribution < 1.29 is 4.79 Å². The van der Waals surface area contributed by atoms with Crippen LogP contribution in [0.2, 0.25) is 0 Å². The van der Waals surface area contributed by atoms with E-state index in [0.29, 0.717) is 12.3 Å². The smallest absolute Gasteiger partial charge is 0.222 e. The van der Waals surface area contributed by atoms with Gasteiger partial charge in [0.15, 0.2) is 0 Å². The molecule has 1 aliphatic heterocycles. The lowest BCUT2D eigenvalue weighted by atomic mass is 10.2. The summed E-state index contributed by atoms with van der Waals surface area (Å²) in [6.07, 6.45) is 6.52. The summed E-state index contributed by atoms with van der Waals surface area (Å²) >= 11 is 1.69. The Balaban J connectivity index is 1.46. The lowest BCUT2D eigenvalue weighted by molar-refractivity contribution is -0.131. The fourth-order valence-electron chi connectivity index (χ4n) is 3.03. The molecule has 0 radical (unpaired) electrons. The Morgan fingerprint density at radius 3 is 2.91 bits per heavy atom. The predicted molar refractivity (Wildman–Crippen MR) is 92.3 cm³/mol. The number of aryl methyl sites for hydroxylation is 2. The SMILES string of the molecule is Cn1cc(CN2CCCN(C(=O)CCc3ccsc3)CC2)cn1. The van der Waals surface area contributed by atoms with Crippen LogP contribution < -0.4 is 0 Å². The highest BCUT2D eigenvalue weighted by Gasteiger charge is 2.19. The molecule has 5 nitrogen and oxygen atoms in total. The molecule has 1 amide bonds. The maximum Gasteiger partial charge on any atom is 0.222 e. The number of rotatable bonds is 5. The fourth-order valence-corrected chi connectivity index (χ4v) is 3.74. The number of hydrogen-bond donors (Lipinski definition) is 0. The number of hydrogen-bond acceptors (Lipinski definition) is 4. The van der Waals surface area contributed by atoms with Crippen LogP contribution in [0, 0.1) is 0 Å². The van der Waals surface area contributed by atoms with Crippen molar-refractivity contribution in [3.8, 4) is 0 Å². The lowest BCUT2D eigenvalue weighted by Crippen LogP contribution is -2.35. The molecule has 0 atom stereocenters. The Kier molecular flexibility index (Phi) is 5.46. The first-order valence-electron chi connectivity index (χ1n) is 8.19. The predicted octanol–water partition coefficient (Wildman–Crippen LogP) is 2.15. The summed E-state index contributed by atoms with van der Waals surface area (Å²) in [5.41, 5.74) is 2.51. The summed E-state index contributed by atoms with van der Waals surface area (Å²) < 4.78 is 1.84. The van der Waals surface area contributed by atoms with Gasteiger partial charge in [0.1, 0.15) is 0 Å². The molecule has 0 aromatic carbocycles. The van der Waals surface area contributed by atoms with Gasteiger partial charge in [-0.15, -0.1) is 0 Å². The second-order valence-corrected chi connectivity index (χ2v) is 6.94. The first kappa shape index (κ1) is 16.2. The van der Waals surface area contributed by atoms with Crippen LogP contribution in [-0.2, 0) is 24.8 Å². The summed E-state index contributed by atoms with van der Waals surface area (Å²) in [6.45, 7) is 4.63. The van der Waals surface area contributed by atoms with Crippen molar-refractivity contribution in [1.82, 2.24) is 19.6 Å². The van der Waals surface area contributed by atoms with Gasteiger partial charge in [-0.05, 0) is 35.2 Å². The molecule has 23 heavy (non-hydrogen) atoms. The molecule has 6 heteroatoms. The monoisotopic (exact) mass is 332 g/mol. The third kappa shape index (κ3) is 4.65. The zero-order valence-corrected chi connectivity index (χ0v) is 14.5. The van der Waals surface area contributed by atoms with Gasteiger partial charge in [-0.1, -0.05) is 0 Å². The molecule has 0 spiro atoms. The van der Waals surface area contributed by atoms with Crippen LogP contribution in [0.25, 0.3) is 0 Å². The van der Waals surface area contributed by atoms with Gasteiger partial charge in [0.2, 0.25) is 5.91 Å². The molecule has 2 aromatic heterocycles. The van der Waals surface area contributed by atoms with Gasteiger partial charge in [-0.25, -0.2) is 0 Å². The van der Waals surface area contributed by atoms with E-state index in [-0.39, 0.29) is 0 Å². The van der Waals surface area contributed by atoms with Gasteiger partial charge in [-0.3, -0.25) is 14.4 Å². The van der Waals surface area contributed by atoms with Crippen LogP contribution in [0.15, 0.2) is 29.2 Å². The zero-order valence-electron chi connectivity index (χ0n) is 13.6. The Bertz CT molecular complexity index is 622. The second kappa shape index (κ2) is 7.75. The quantitative estimate of drug-likeness (QED) is 0.842. The summed E-state index contributed by atoms with van der Waals surface area (Å²) in [5.74, 6) is 0.291. The van der Waals surface area contributed by atoms with E-state index in [1.807, 2.05) is 22.8 Å². The molecule has 3 heterocycles. The topological polar surface area (TPSA) is 41.4 Å². The number of aromatic nitrogens is 2. The van der Waals surface area contributed by atoms with E-state index in [2.05, 4.69) is 33.0 Å². The third-order valence-corrected chi connectivity index (χ3v) is 5.05. The van der Waals surface area contributed by atoms with Gasteiger partial charge in [-0.2, -0.15) is 16.4 Å². The van der Waals surface area contributed by atoms with Crippen LogP contribution in [-0.4, -0.2) is 51.7 Å².